The molecule has 142 valence electrons. The average Bonchev–Trinajstić information content (AvgIpc) is 3.05. The first kappa shape index (κ1) is 17.6. The van der Waals surface area contributed by atoms with Crippen LogP contribution in [-0.4, -0.2) is 38.8 Å². The molecule has 0 saturated heterocycles. The molecule has 3 heterocycles. The fraction of sp³-hybridized carbons (Fsp3) is 0.167. The average molecular weight is 383 g/mol. The minimum absolute atomic E-state index is 0.0204. The summed E-state index contributed by atoms with van der Waals surface area (Å²) in [6.45, 7) is 0.200. The number of carbonyl (C=O) groups is 3. The van der Waals surface area contributed by atoms with Crippen LogP contribution in [0.25, 0.3) is 5.65 Å². The molecule has 1 aliphatic rings. The number of amides is 2. The van der Waals surface area contributed by atoms with Gasteiger partial charge in [0.15, 0.2) is 17.2 Å². The van der Waals surface area contributed by atoms with E-state index in [0.717, 1.165) is 27.9 Å². The summed E-state index contributed by atoms with van der Waals surface area (Å²) >= 11 is 0. The molecule has 1 aliphatic heterocycles. The zero-order chi connectivity index (χ0) is 19.8. The highest BCUT2D eigenvalue weighted by Gasteiger charge is 2.19. The number of rotatable bonds is 4. The van der Waals surface area contributed by atoms with Crippen molar-refractivity contribution in [2.24, 2.45) is 5.73 Å². The van der Waals surface area contributed by atoms with Crippen LogP contribution in [0, 0.1) is 5.82 Å². The van der Waals surface area contributed by atoms with Crippen molar-refractivity contribution in [3.05, 3.63) is 58.8 Å². The second kappa shape index (κ2) is 6.72. The standard InChI is InChI=1S/C18H14FN5O4/c19-12-7-22-24-14(16(20)26)5-13(23-17(12)24)18(27)21-6-9-1-2-15-10(3-9)4-11(25)8-28-15/h1-3,5,7H,4,6,8H2,(H2,20,26)(H,21,27). The second-order valence-electron chi connectivity index (χ2n) is 6.25. The van der Waals surface area contributed by atoms with Gasteiger partial charge in [-0.05, 0) is 17.7 Å². The number of primary amides is 1. The van der Waals surface area contributed by atoms with E-state index in [1.165, 1.54) is 0 Å². The first-order valence-electron chi connectivity index (χ1n) is 8.31. The molecule has 0 unspecified atom stereocenters. The minimum atomic E-state index is -0.871. The predicted octanol–water partition coefficient (Wildman–Crippen LogP) is 0.401. The predicted molar refractivity (Wildman–Crippen MR) is 93.3 cm³/mol. The molecule has 10 heteroatoms. The summed E-state index contributed by atoms with van der Waals surface area (Å²) in [6, 6.07) is 6.42. The van der Waals surface area contributed by atoms with Gasteiger partial charge in [0, 0.05) is 24.6 Å². The van der Waals surface area contributed by atoms with E-state index in [2.05, 4.69) is 15.4 Å². The summed E-state index contributed by atoms with van der Waals surface area (Å²) in [6.07, 6.45) is 1.16. The fourth-order valence-electron chi connectivity index (χ4n) is 2.94. The molecule has 3 aromatic rings. The monoisotopic (exact) mass is 383 g/mol. The van der Waals surface area contributed by atoms with E-state index in [-0.39, 0.29) is 42.4 Å². The summed E-state index contributed by atoms with van der Waals surface area (Å²) in [5.41, 5.74) is 6.17. The Morgan fingerprint density at radius 2 is 2.14 bits per heavy atom. The smallest absolute Gasteiger partial charge is 0.270 e. The normalized spacial score (nSPS) is 13.1. The van der Waals surface area contributed by atoms with Crippen LogP contribution in [0.1, 0.15) is 32.1 Å². The van der Waals surface area contributed by atoms with Gasteiger partial charge in [0.05, 0.1) is 6.20 Å². The summed E-state index contributed by atoms with van der Waals surface area (Å²) < 4.78 is 20.1. The molecule has 28 heavy (non-hydrogen) atoms. The van der Waals surface area contributed by atoms with E-state index < -0.39 is 17.6 Å². The fourth-order valence-corrected chi connectivity index (χ4v) is 2.94. The number of Topliss-reactive ketones (excluding diaryl/α,β-unsaturated/α-hetero) is 1. The van der Waals surface area contributed by atoms with Gasteiger partial charge in [0.1, 0.15) is 23.7 Å². The molecule has 4 rings (SSSR count). The number of ether oxygens (including phenoxy) is 1. The maximum absolute atomic E-state index is 13.8. The molecule has 9 nitrogen and oxygen atoms in total. The van der Waals surface area contributed by atoms with Crippen molar-refractivity contribution in [3.63, 3.8) is 0 Å². The second-order valence-corrected chi connectivity index (χ2v) is 6.25. The van der Waals surface area contributed by atoms with Gasteiger partial charge >= 0.3 is 0 Å². The highest BCUT2D eigenvalue weighted by molar-refractivity contribution is 5.97. The third-order valence-electron chi connectivity index (χ3n) is 4.27. The number of carbonyl (C=O) groups excluding carboxylic acids is 3. The molecular weight excluding hydrogens is 369 g/mol. The van der Waals surface area contributed by atoms with E-state index in [4.69, 9.17) is 10.5 Å². The van der Waals surface area contributed by atoms with E-state index in [1.54, 1.807) is 18.2 Å². The third kappa shape index (κ3) is 3.15. The van der Waals surface area contributed by atoms with Gasteiger partial charge in [-0.3, -0.25) is 14.4 Å². The summed E-state index contributed by atoms with van der Waals surface area (Å²) in [5, 5.41) is 6.33. The largest absolute Gasteiger partial charge is 0.486 e. The van der Waals surface area contributed by atoms with E-state index in [1.807, 2.05) is 0 Å². The third-order valence-corrected chi connectivity index (χ3v) is 4.27. The van der Waals surface area contributed by atoms with Crippen LogP contribution in [0.5, 0.6) is 5.75 Å². The Hall–Kier alpha value is -3.82. The van der Waals surface area contributed by atoms with Crippen molar-refractivity contribution in [3.8, 4) is 5.75 Å². The number of halogens is 1. The number of hydrogen-bond acceptors (Lipinski definition) is 6. The number of hydrogen-bond donors (Lipinski definition) is 2. The number of ketones is 1. The first-order valence-corrected chi connectivity index (χ1v) is 8.31. The van der Waals surface area contributed by atoms with Crippen LogP contribution >= 0.6 is 0 Å². The van der Waals surface area contributed by atoms with Crippen LogP contribution in [0.4, 0.5) is 4.39 Å². The molecule has 0 saturated carbocycles. The minimum Gasteiger partial charge on any atom is -0.486 e. The summed E-state index contributed by atoms with van der Waals surface area (Å²) in [4.78, 5) is 39.5. The topological polar surface area (TPSA) is 129 Å². The van der Waals surface area contributed by atoms with E-state index >= 15 is 0 Å². The lowest BCUT2D eigenvalue weighted by Crippen LogP contribution is -2.26. The highest BCUT2D eigenvalue weighted by atomic mass is 19.1. The number of nitrogens with one attached hydrogen (secondary N) is 1. The maximum atomic E-state index is 13.8. The van der Waals surface area contributed by atoms with Gasteiger partial charge in [-0.25, -0.2) is 13.9 Å². The number of benzene rings is 1. The molecule has 0 bridgehead atoms. The number of nitrogens with zero attached hydrogens (tertiary/aromatic N) is 3. The molecule has 2 aromatic heterocycles. The molecule has 2 amide bonds. The molecular formula is C18H14FN5O4. The van der Waals surface area contributed by atoms with Crippen molar-refractivity contribution in [2.75, 3.05) is 6.61 Å². The Kier molecular flexibility index (Phi) is 4.22. The lowest BCUT2D eigenvalue weighted by molar-refractivity contribution is -0.121. The van der Waals surface area contributed by atoms with Crippen LogP contribution in [-0.2, 0) is 17.8 Å². The van der Waals surface area contributed by atoms with Gasteiger partial charge in [-0.2, -0.15) is 5.10 Å². The van der Waals surface area contributed by atoms with Crippen molar-refractivity contribution in [1.82, 2.24) is 19.9 Å². The summed E-state index contributed by atoms with van der Waals surface area (Å²) in [5.74, 6) is -1.65. The molecule has 1 aromatic carbocycles. The number of fused-ring (bicyclic) bond motifs is 2. The van der Waals surface area contributed by atoms with Crippen LogP contribution in [0.2, 0.25) is 0 Å². The molecule has 0 spiro atoms. The van der Waals surface area contributed by atoms with Crippen LogP contribution in [0.3, 0.4) is 0 Å². The number of aromatic nitrogens is 3. The van der Waals surface area contributed by atoms with Gasteiger partial charge < -0.3 is 15.8 Å². The highest BCUT2D eigenvalue weighted by Crippen LogP contribution is 2.24. The van der Waals surface area contributed by atoms with Gasteiger partial charge in [0.2, 0.25) is 0 Å². The zero-order valence-corrected chi connectivity index (χ0v) is 14.4. The van der Waals surface area contributed by atoms with Gasteiger partial charge in [-0.15, -0.1) is 0 Å². The molecule has 0 aliphatic carbocycles. The van der Waals surface area contributed by atoms with Crippen LogP contribution in [0.15, 0.2) is 30.5 Å². The van der Waals surface area contributed by atoms with Crippen molar-refractivity contribution in [1.29, 1.82) is 0 Å². The maximum Gasteiger partial charge on any atom is 0.270 e. The first-order chi connectivity index (χ1) is 13.4. The zero-order valence-electron chi connectivity index (χ0n) is 14.4. The number of nitrogens with two attached hydrogens (primary N) is 1. The quantitative estimate of drug-likeness (QED) is 0.671. The van der Waals surface area contributed by atoms with E-state index in [9.17, 15) is 18.8 Å². The Morgan fingerprint density at radius 1 is 1.32 bits per heavy atom. The lowest BCUT2D eigenvalue weighted by Gasteiger charge is -2.17. The summed E-state index contributed by atoms with van der Waals surface area (Å²) in [7, 11) is 0. The Labute approximate surface area is 157 Å². The van der Waals surface area contributed by atoms with Crippen molar-refractivity contribution >= 4 is 23.2 Å². The molecule has 3 N–H and O–H groups in total. The SMILES string of the molecule is NC(=O)c1cc(C(=O)NCc2ccc3c(c2)CC(=O)CO3)nc2c(F)cnn12. The Balaban J connectivity index is 1.56. The molecule has 0 fully saturated rings. The van der Waals surface area contributed by atoms with Gasteiger partial charge in [0.25, 0.3) is 11.8 Å². The van der Waals surface area contributed by atoms with Crippen molar-refractivity contribution < 1.29 is 23.5 Å². The molecule has 0 atom stereocenters. The van der Waals surface area contributed by atoms with E-state index in [0.29, 0.717) is 5.75 Å². The van der Waals surface area contributed by atoms with Crippen molar-refractivity contribution in [2.45, 2.75) is 13.0 Å². The Morgan fingerprint density at radius 3 is 2.93 bits per heavy atom. The Bertz CT molecular complexity index is 1140. The van der Waals surface area contributed by atoms with Gasteiger partial charge in [-0.1, -0.05) is 6.07 Å². The molecule has 0 radical (unpaired) electrons. The lowest BCUT2D eigenvalue weighted by atomic mass is 10.0. The van der Waals surface area contributed by atoms with Crippen LogP contribution < -0.4 is 15.8 Å².